The fraction of sp³-hybridized carbons (Fsp3) is 0. The van der Waals surface area contributed by atoms with Gasteiger partial charge in [0.15, 0.2) is 0 Å². The molecule has 100 valence electrons. The third-order valence-corrected chi connectivity index (χ3v) is 4.17. The van der Waals surface area contributed by atoms with Crippen LogP contribution in [0.2, 0.25) is 0 Å². The summed E-state index contributed by atoms with van der Waals surface area (Å²) in [6, 6.07) is 20.9. The molecule has 0 nitrogen and oxygen atoms in total. The summed E-state index contributed by atoms with van der Waals surface area (Å²) < 4.78 is 0. The van der Waals surface area contributed by atoms with E-state index in [0.717, 1.165) is 11.1 Å². The number of benzene rings is 4. The molecule has 0 heterocycles. The van der Waals surface area contributed by atoms with Gasteiger partial charge in [0.1, 0.15) is 0 Å². The van der Waals surface area contributed by atoms with Crippen molar-refractivity contribution < 1.29 is 0 Å². The Hall–Kier alpha value is -3.22. The number of hydrogen-bond donors (Lipinski definition) is 0. The van der Waals surface area contributed by atoms with E-state index >= 15 is 0 Å². The van der Waals surface area contributed by atoms with E-state index in [-0.39, 0.29) is 0 Å². The van der Waals surface area contributed by atoms with E-state index in [1.165, 1.54) is 32.3 Å². The van der Waals surface area contributed by atoms with Crippen LogP contribution in [0.25, 0.3) is 32.3 Å². The second-order valence-electron chi connectivity index (χ2n) is 5.39. The third-order valence-electron chi connectivity index (χ3n) is 4.17. The molecule has 22 heavy (non-hydrogen) atoms. The van der Waals surface area contributed by atoms with Crippen LogP contribution in [0.15, 0.2) is 60.7 Å². The molecule has 0 spiro atoms. The highest BCUT2D eigenvalue weighted by atomic mass is 14.1. The summed E-state index contributed by atoms with van der Waals surface area (Å²) in [6.45, 7) is 0. The van der Waals surface area contributed by atoms with Gasteiger partial charge < -0.3 is 0 Å². The summed E-state index contributed by atoms with van der Waals surface area (Å²) in [7, 11) is 0. The van der Waals surface area contributed by atoms with E-state index in [1.807, 2.05) is 12.1 Å². The van der Waals surface area contributed by atoms with Crippen molar-refractivity contribution in [1.82, 2.24) is 0 Å². The number of terminal acetylenes is 2. The highest BCUT2D eigenvalue weighted by Gasteiger charge is 2.05. The average molecular weight is 276 g/mol. The van der Waals surface area contributed by atoms with Crippen molar-refractivity contribution in [2.75, 3.05) is 0 Å². The predicted octanol–water partition coefficient (Wildman–Crippen LogP) is 5.11. The van der Waals surface area contributed by atoms with Gasteiger partial charge in [-0.15, -0.1) is 12.8 Å². The minimum Gasteiger partial charge on any atom is -0.115 e. The van der Waals surface area contributed by atoms with Crippen molar-refractivity contribution in [3.05, 3.63) is 71.8 Å². The summed E-state index contributed by atoms with van der Waals surface area (Å²) in [5, 5.41) is 7.26. The Morgan fingerprint density at radius 3 is 1.32 bits per heavy atom. The lowest BCUT2D eigenvalue weighted by atomic mass is 9.95. The van der Waals surface area contributed by atoms with E-state index in [0.29, 0.717) is 0 Å². The Balaban J connectivity index is 2.14. The Morgan fingerprint density at radius 1 is 0.500 bits per heavy atom. The molecular weight excluding hydrogens is 264 g/mol. The molecule has 0 aliphatic rings. The summed E-state index contributed by atoms with van der Waals surface area (Å²) in [5.74, 6) is 5.38. The fourth-order valence-corrected chi connectivity index (χ4v) is 3.07. The van der Waals surface area contributed by atoms with E-state index in [1.54, 1.807) is 0 Å². The molecule has 0 fully saturated rings. The van der Waals surface area contributed by atoms with Gasteiger partial charge in [-0.3, -0.25) is 0 Å². The molecule has 0 aliphatic carbocycles. The Kier molecular flexibility index (Phi) is 2.65. The highest BCUT2D eigenvalue weighted by Crippen LogP contribution is 2.31. The highest BCUT2D eigenvalue weighted by molar-refractivity contribution is 6.17. The molecule has 0 unspecified atom stereocenters. The van der Waals surface area contributed by atoms with Gasteiger partial charge >= 0.3 is 0 Å². The first-order valence-corrected chi connectivity index (χ1v) is 7.12. The van der Waals surface area contributed by atoms with Crippen LogP contribution in [0.1, 0.15) is 11.1 Å². The summed E-state index contributed by atoms with van der Waals surface area (Å²) in [6.07, 6.45) is 11.0. The van der Waals surface area contributed by atoms with Gasteiger partial charge in [-0.1, -0.05) is 48.2 Å². The zero-order valence-electron chi connectivity index (χ0n) is 11.9. The van der Waals surface area contributed by atoms with Crippen molar-refractivity contribution >= 4 is 32.3 Å². The maximum absolute atomic E-state index is 5.49. The van der Waals surface area contributed by atoms with Crippen molar-refractivity contribution in [2.45, 2.75) is 0 Å². The second kappa shape index (κ2) is 4.66. The first-order valence-electron chi connectivity index (χ1n) is 7.12. The van der Waals surface area contributed by atoms with Crippen LogP contribution in [-0.4, -0.2) is 0 Å². The monoisotopic (exact) mass is 276 g/mol. The molecular formula is C22H12. The van der Waals surface area contributed by atoms with Crippen molar-refractivity contribution in [3.8, 4) is 24.7 Å². The van der Waals surface area contributed by atoms with Gasteiger partial charge in [0.05, 0.1) is 0 Å². The standard InChI is InChI=1S/C22H12/c1-3-15-5-9-19-17(13-15)7-11-22-20-10-6-16(4-2)14-18(20)8-12-21(19)22/h1-2,5-14H. The molecule has 0 amide bonds. The molecule has 4 rings (SSSR count). The maximum atomic E-state index is 5.49. The van der Waals surface area contributed by atoms with Crippen molar-refractivity contribution in [2.24, 2.45) is 0 Å². The van der Waals surface area contributed by atoms with Gasteiger partial charge in [0.25, 0.3) is 0 Å². The van der Waals surface area contributed by atoms with E-state index in [2.05, 4.69) is 60.4 Å². The number of fused-ring (bicyclic) bond motifs is 5. The fourth-order valence-electron chi connectivity index (χ4n) is 3.07. The normalized spacial score (nSPS) is 10.6. The second-order valence-corrected chi connectivity index (χ2v) is 5.39. The first kappa shape index (κ1) is 12.5. The molecule has 0 aromatic heterocycles. The summed E-state index contributed by atoms with van der Waals surface area (Å²) >= 11 is 0. The lowest BCUT2D eigenvalue weighted by Crippen LogP contribution is -1.83. The SMILES string of the molecule is C#Cc1ccc2c(ccc3c4ccc(C#C)cc4ccc23)c1. The molecule has 0 heteroatoms. The van der Waals surface area contributed by atoms with Crippen LogP contribution in [0.5, 0.6) is 0 Å². The molecule has 0 saturated carbocycles. The molecule has 0 bridgehead atoms. The largest absolute Gasteiger partial charge is 0.115 e. The molecule has 0 radical (unpaired) electrons. The van der Waals surface area contributed by atoms with Crippen LogP contribution in [0, 0.1) is 24.7 Å². The zero-order chi connectivity index (χ0) is 15.1. The van der Waals surface area contributed by atoms with Crippen molar-refractivity contribution in [3.63, 3.8) is 0 Å². The van der Waals surface area contributed by atoms with Crippen LogP contribution in [0.3, 0.4) is 0 Å². The smallest absolute Gasteiger partial charge is 0.0248 e. The molecule has 0 atom stereocenters. The number of rotatable bonds is 0. The summed E-state index contributed by atoms with van der Waals surface area (Å²) in [5.41, 5.74) is 1.82. The van der Waals surface area contributed by atoms with Crippen LogP contribution < -0.4 is 0 Å². The van der Waals surface area contributed by atoms with Gasteiger partial charge in [-0.25, -0.2) is 0 Å². The maximum Gasteiger partial charge on any atom is 0.0248 e. The minimum absolute atomic E-state index is 0.909. The lowest BCUT2D eigenvalue weighted by Gasteiger charge is -2.08. The molecule has 0 N–H and O–H groups in total. The van der Waals surface area contributed by atoms with E-state index in [4.69, 9.17) is 12.8 Å². The van der Waals surface area contributed by atoms with Gasteiger partial charge in [0.2, 0.25) is 0 Å². The molecule has 0 aliphatic heterocycles. The molecule has 4 aromatic rings. The Labute approximate surface area is 129 Å². The van der Waals surface area contributed by atoms with Gasteiger partial charge in [-0.05, 0) is 56.6 Å². The van der Waals surface area contributed by atoms with Gasteiger partial charge in [-0.2, -0.15) is 0 Å². The molecule has 0 saturated heterocycles. The zero-order valence-corrected chi connectivity index (χ0v) is 11.9. The molecule has 4 aromatic carbocycles. The minimum atomic E-state index is 0.909. The number of hydrogen-bond acceptors (Lipinski definition) is 0. The average Bonchev–Trinajstić information content (AvgIpc) is 2.59. The third kappa shape index (κ3) is 1.76. The van der Waals surface area contributed by atoms with Crippen molar-refractivity contribution in [1.29, 1.82) is 0 Å². The Morgan fingerprint density at radius 2 is 0.909 bits per heavy atom. The van der Waals surface area contributed by atoms with E-state index in [9.17, 15) is 0 Å². The Bertz CT molecular complexity index is 1040. The van der Waals surface area contributed by atoms with Crippen LogP contribution in [-0.2, 0) is 0 Å². The van der Waals surface area contributed by atoms with Crippen LogP contribution >= 0.6 is 0 Å². The summed E-state index contributed by atoms with van der Waals surface area (Å²) in [4.78, 5) is 0. The lowest BCUT2D eigenvalue weighted by molar-refractivity contribution is 1.71. The quantitative estimate of drug-likeness (QED) is 0.309. The first-order chi connectivity index (χ1) is 10.8. The predicted molar refractivity (Wildman–Crippen MR) is 94.8 cm³/mol. The van der Waals surface area contributed by atoms with E-state index < -0.39 is 0 Å². The topological polar surface area (TPSA) is 0 Å². The van der Waals surface area contributed by atoms with Crippen LogP contribution in [0.4, 0.5) is 0 Å². The van der Waals surface area contributed by atoms with Gasteiger partial charge in [0, 0.05) is 11.1 Å².